The number of rotatable bonds is 5. The highest BCUT2D eigenvalue weighted by Crippen LogP contribution is 2.65. The van der Waals surface area contributed by atoms with E-state index in [1.54, 1.807) is 24.3 Å². The number of carboxylic acids is 1. The van der Waals surface area contributed by atoms with E-state index in [1.807, 2.05) is 6.07 Å². The lowest BCUT2D eigenvalue weighted by Gasteiger charge is -2.58. The predicted octanol–water partition coefficient (Wildman–Crippen LogP) is 3.19. The molecule has 2 aliphatic carbocycles. The molecule has 0 unspecified atom stereocenters. The standard InChI is InChI=1S/C17H19F2NO4/c18-17(19)9-16(10-17)6-12(7-16)13(14(21)22)20-15(23)24-8-11-4-2-1-3-5-11/h1-5,12-13H,6-10H2,(H,20,23)(H,21,22)/t13-/m0/s1. The van der Waals surface area contributed by atoms with E-state index in [9.17, 15) is 23.5 Å². The van der Waals surface area contributed by atoms with Crippen LogP contribution in [0.5, 0.6) is 0 Å². The zero-order chi connectivity index (χ0) is 17.4. The van der Waals surface area contributed by atoms with E-state index >= 15 is 0 Å². The first-order valence-electron chi connectivity index (χ1n) is 7.87. The highest BCUT2D eigenvalue weighted by molar-refractivity contribution is 5.80. The van der Waals surface area contributed by atoms with E-state index < -0.39 is 29.4 Å². The Hall–Kier alpha value is -2.18. The van der Waals surface area contributed by atoms with Crippen LogP contribution in [0.1, 0.15) is 31.2 Å². The molecule has 1 spiro atoms. The van der Waals surface area contributed by atoms with Crippen LogP contribution in [0, 0.1) is 11.3 Å². The lowest BCUT2D eigenvalue weighted by Crippen LogP contribution is -2.59. The van der Waals surface area contributed by atoms with Crippen LogP contribution in [0.25, 0.3) is 0 Å². The quantitative estimate of drug-likeness (QED) is 0.864. The summed E-state index contributed by atoms with van der Waals surface area (Å²) in [5, 5.41) is 11.6. The number of carbonyl (C=O) groups is 2. The molecule has 0 saturated heterocycles. The van der Waals surface area contributed by atoms with E-state index in [0.717, 1.165) is 5.56 Å². The summed E-state index contributed by atoms with van der Waals surface area (Å²) in [5.41, 5.74) is 0.358. The molecule has 7 heteroatoms. The van der Waals surface area contributed by atoms with Crippen molar-refractivity contribution < 1.29 is 28.2 Å². The zero-order valence-corrected chi connectivity index (χ0v) is 13.0. The summed E-state index contributed by atoms with van der Waals surface area (Å²) in [6.45, 7) is 0.0415. The molecule has 0 heterocycles. The van der Waals surface area contributed by atoms with Crippen molar-refractivity contribution >= 4 is 12.1 Å². The van der Waals surface area contributed by atoms with E-state index in [4.69, 9.17) is 4.74 Å². The van der Waals surface area contributed by atoms with E-state index in [-0.39, 0.29) is 25.4 Å². The average Bonchev–Trinajstić information content (AvgIpc) is 2.46. The molecule has 0 aliphatic heterocycles. The van der Waals surface area contributed by atoms with Gasteiger partial charge in [0.2, 0.25) is 5.92 Å². The second kappa shape index (κ2) is 6.03. The van der Waals surface area contributed by atoms with Crippen molar-refractivity contribution in [1.82, 2.24) is 5.32 Å². The molecular weight excluding hydrogens is 320 g/mol. The number of aliphatic carboxylic acids is 1. The van der Waals surface area contributed by atoms with Crippen LogP contribution < -0.4 is 5.32 Å². The van der Waals surface area contributed by atoms with Crippen LogP contribution in [-0.2, 0) is 16.1 Å². The van der Waals surface area contributed by atoms with Gasteiger partial charge in [0, 0.05) is 12.8 Å². The maximum absolute atomic E-state index is 13.0. The molecule has 0 aromatic heterocycles. The van der Waals surface area contributed by atoms with E-state index in [1.165, 1.54) is 0 Å². The van der Waals surface area contributed by atoms with Crippen molar-refractivity contribution in [1.29, 1.82) is 0 Å². The molecule has 0 radical (unpaired) electrons. The molecule has 1 amide bonds. The van der Waals surface area contributed by atoms with Crippen molar-refractivity contribution in [2.24, 2.45) is 11.3 Å². The number of hydrogen-bond donors (Lipinski definition) is 2. The normalized spacial score (nSPS) is 22.1. The number of carboxylic acid groups (broad SMARTS) is 1. The summed E-state index contributed by atoms with van der Waals surface area (Å²) in [5.74, 6) is -4.12. The third-order valence-corrected chi connectivity index (χ3v) is 4.88. The Morgan fingerprint density at radius 3 is 2.42 bits per heavy atom. The van der Waals surface area contributed by atoms with Crippen LogP contribution in [0.4, 0.5) is 13.6 Å². The number of carbonyl (C=O) groups excluding carboxylic acids is 1. The van der Waals surface area contributed by atoms with Gasteiger partial charge in [0.25, 0.3) is 0 Å². The van der Waals surface area contributed by atoms with Crippen molar-refractivity contribution in [3.63, 3.8) is 0 Å². The zero-order valence-electron chi connectivity index (χ0n) is 13.0. The van der Waals surface area contributed by atoms with Gasteiger partial charge in [-0.1, -0.05) is 30.3 Å². The van der Waals surface area contributed by atoms with Crippen LogP contribution in [0.2, 0.25) is 0 Å². The number of amides is 1. The Bertz CT molecular complexity index is 619. The van der Waals surface area contributed by atoms with Crippen molar-refractivity contribution in [3.8, 4) is 0 Å². The molecular formula is C17H19F2NO4. The molecule has 130 valence electrons. The molecule has 2 aliphatic rings. The largest absolute Gasteiger partial charge is 0.480 e. The number of hydrogen-bond acceptors (Lipinski definition) is 3. The van der Waals surface area contributed by atoms with Gasteiger partial charge in [-0.05, 0) is 29.7 Å². The number of benzene rings is 1. The minimum atomic E-state index is -2.62. The minimum absolute atomic E-state index is 0.0415. The van der Waals surface area contributed by atoms with Gasteiger partial charge < -0.3 is 15.2 Å². The molecule has 24 heavy (non-hydrogen) atoms. The second-order valence-corrected chi connectivity index (χ2v) is 6.90. The van der Waals surface area contributed by atoms with Gasteiger partial charge in [0.05, 0.1) is 0 Å². The van der Waals surface area contributed by atoms with Crippen molar-refractivity contribution in [3.05, 3.63) is 35.9 Å². The number of halogens is 2. The summed E-state index contributed by atoms with van der Waals surface area (Å²) < 4.78 is 31.0. The van der Waals surface area contributed by atoms with Gasteiger partial charge >= 0.3 is 12.1 Å². The number of ether oxygens (including phenoxy) is 1. The van der Waals surface area contributed by atoms with Gasteiger partial charge in [-0.15, -0.1) is 0 Å². The SMILES string of the molecule is O=C(N[C@H](C(=O)O)C1CC2(C1)CC(F)(F)C2)OCc1ccccc1. The molecule has 2 fully saturated rings. The fourth-order valence-electron chi connectivity index (χ4n) is 3.90. The van der Waals surface area contributed by atoms with Gasteiger partial charge in [-0.2, -0.15) is 0 Å². The van der Waals surface area contributed by atoms with Gasteiger partial charge in [0.15, 0.2) is 0 Å². The predicted molar refractivity (Wildman–Crippen MR) is 80.5 cm³/mol. The Balaban J connectivity index is 1.48. The van der Waals surface area contributed by atoms with Crippen molar-refractivity contribution in [2.75, 3.05) is 0 Å². The van der Waals surface area contributed by atoms with Crippen LogP contribution in [-0.4, -0.2) is 29.1 Å². The van der Waals surface area contributed by atoms with Gasteiger partial charge in [0.1, 0.15) is 12.6 Å². The minimum Gasteiger partial charge on any atom is -0.480 e. The van der Waals surface area contributed by atoms with Gasteiger partial charge in [-0.25, -0.2) is 18.4 Å². The summed E-state index contributed by atoms with van der Waals surface area (Å²) in [4.78, 5) is 23.2. The Morgan fingerprint density at radius 2 is 1.88 bits per heavy atom. The van der Waals surface area contributed by atoms with Crippen molar-refractivity contribution in [2.45, 2.75) is 44.3 Å². The molecule has 3 rings (SSSR count). The summed E-state index contributed by atoms with van der Waals surface area (Å²) in [6.07, 6.45) is -0.370. The first kappa shape index (κ1) is 16.7. The molecule has 2 saturated carbocycles. The smallest absolute Gasteiger partial charge is 0.408 e. The summed E-state index contributed by atoms with van der Waals surface area (Å²) in [6, 6.07) is 7.91. The number of alkyl halides is 2. The number of alkyl carbamates (subject to hydrolysis) is 1. The van der Waals surface area contributed by atoms with E-state index in [0.29, 0.717) is 12.8 Å². The number of nitrogens with one attached hydrogen (secondary N) is 1. The third-order valence-electron chi connectivity index (χ3n) is 4.88. The van der Waals surface area contributed by atoms with Gasteiger partial charge in [-0.3, -0.25) is 0 Å². The average molecular weight is 339 g/mol. The fourth-order valence-corrected chi connectivity index (χ4v) is 3.90. The first-order chi connectivity index (χ1) is 11.3. The van der Waals surface area contributed by atoms with Crippen LogP contribution in [0.15, 0.2) is 30.3 Å². The highest BCUT2D eigenvalue weighted by atomic mass is 19.3. The maximum Gasteiger partial charge on any atom is 0.408 e. The Morgan fingerprint density at radius 1 is 1.25 bits per heavy atom. The molecule has 5 nitrogen and oxygen atoms in total. The second-order valence-electron chi connectivity index (χ2n) is 6.90. The first-order valence-corrected chi connectivity index (χ1v) is 7.87. The highest BCUT2D eigenvalue weighted by Gasteiger charge is 2.63. The Kier molecular flexibility index (Phi) is 4.19. The third kappa shape index (κ3) is 3.49. The van der Waals surface area contributed by atoms with Crippen LogP contribution >= 0.6 is 0 Å². The Labute approximate surface area is 138 Å². The summed E-state index contributed by atoms with van der Waals surface area (Å²) >= 11 is 0. The maximum atomic E-state index is 13.0. The van der Waals surface area contributed by atoms with E-state index in [2.05, 4.69) is 5.32 Å². The monoisotopic (exact) mass is 339 g/mol. The molecule has 0 bridgehead atoms. The lowest BCUT2D eigenvalue weighted by molar-refractivity contribution is -0.210. The fraction of sp³-hybridized carbons (Fsp3) is 0.529. The molecule has 1 aromatic rings. The molecule has 1 aromatic carbocycles. The topological polar surface area (TPSA) is 75.6 Å². The van der Waals surface area contributed by atoms with Crippen LogP contribution in [0.3, 0.4) is 0 Å². The molecule has 1 atom stereocenters. The summed E-state index contributed by atoms with van der Waals surface area (Å²) in [7, 11) is 0. The molecule has 2 N–H and O–H groups in total. The lowest BCUT2D eigenvalue weighted by atomic mass is 9.49.